The molecule has 0 unspecified atom stereocenters. The zero-order chi connectivity index (χ0) is 8.81. The van der Waals surface area contributed by atoms with E-state index in [9.17, 15) is 4.79 Å². The summed E-state index contributed by atoms with van der Waals surface area (Å²) in [7, 11) is 0. The molecule has 0 aromatic heterocycles. The highest BCUT2D eigenvalue weighted by atomic mass is 16.1. The number of aldehydes is 1. The molecule has 1 aliphatic rings. The third-order valence-corrected chi connectivity index (χ3v) is 3.09. The summed E-state index contributed by atoms with van der Waals surface area (Å²) in [5.74, 6) is 1.69. The minimum Gasteiger partial charge on any atom is -0.303 e. The Kier molecular flexibility index (Phi) is 4.34. The van der Waals surface area contributed by atoms with Crippen LogP contribution in [0.4, 0.5) is 0 Å². The highest BCUT2D eigenvalue weighted by molar-refractivity contribution is 5.49. The zero-order valence-corrected chi connectivity index (χ0v) is 8.09. The van der Waals surface area contributed by atoms with Crippen molar-refractivity contribution >= 4 is 6.29 Å². The summed E-state index contributed by atoms with van der Waals surface area (Å²) in [5, 5.41) is 0. The van der Waals surface area contributed by atoms with Crippen LogP contribution in [0.1, 0.15) is 51.9 Å². The van der Waals surface area contributed by atoms with Gasteiger partial charge in [-0.3, -0.25) is 0 Å². The highest BCUT2D eigenvalue weighted by Gasteiger charge is 2.19. The van der Waals surface area contributed by atoms with E-state index < -0.39 is 0 Å². The molecule has 1 aliphatic carbocycles. The van der Waals surface area contributed by atoms with Gasteiger partial charge in [0.2, 0.25) is 0 Å². The number of rotatable bonds is 4. The van der Waals surface area contributed by atoms with E-state index in [2.05, 4.69) is 6.92 Å². The van der Waals surface area contributed by atoms with Crippen LogP contribution in [-0.2, 0) is 4.79 Å². The number of carbonyl (C=O) groups is 1. The molecule has 1 nitrogen and oxygen atoms in total. The number of hydrogen-bond donors (Lipinski definition) is 0. The van der Waals surface area contributed by atoms with Crippen LogP contribution >= 0.6 is 0 Å². The fraction of sp³-hybridized carbons (Fsp3) is 0.909. The second kappa shape index (κ2) is 5.34. The maximum absolute atomic E-state index is 10.3. The van der Waals surface area contributed by atoms with Gasteiger partial charge in [-0.15, -0.1) is 0 Å². The van der Waals surface area contributed by atoms with Gasteiger partial charge in [-0.05, 0) is 24.7 Å². The van der Waals surface area contributed by atoms with E-state index in [1.807, 2.05) is 0 Å². The molecule has 70 valence electrons. The molecule has 0 radical (unpaired) electrons. The molecule has 0 N–H and O–H groups in total. The lowest BCUT2D eigenvalue weighted by Gasteiger charge is -2.26. The molecule has 0 amide bonds. The first-order valence-corrected chi connectivity index (χ1v) is 5.30. The SMILES string of the molecule is CCC[C@H]1CC[C@H](CC=O)CC1. The third-order valence-electron chi connectivity index (χ3n) is 3.09. The second-order valence-electron chi connectivity index (χ2n) is 4.08. The van der Waals surface area contributed by atoms with Gasteiger partial charge in [0.1, 0.15) is 6.29 Å². The molecule has 0 bridgehead atoms. The van der Waals surface area contributed by atoms with Crippen molar-refractivity contribution in [2.75, 3.05) is 0 Å². The molecule has 1 rings (SSSR count). The van der Waals surface area contributed by atoms with Gasteiger partial charge in [-0.2, -0.15) is 0 Å². The van der Waals surface area contributed by atoms with E-state index in [1.165, 1.54) is 38.5 Å². The van der Waals surface area contributed by atoms with Gasteiger partial charge in [0, 0.05) is 6.42 Å². The molecule has 1 fully saturated rings. The van der Waals surface area contributed by atoms with E-state index in [1.54, 1.807) is 0 Å². The summed E-state index contributed by atoms with van der Waals surface area (Å²) in [6, 6.07) is 0. The van der Waals surface area contributed by atoms with Gasteiger partial charge < -0.3 is 4.79 Å². The van der Waals surface area contributed by atoms with E-state index >= 15 is 0 Å². The Morgan fingerprint density at radius 1 is 1.17 bits per heavy atom. The highest BCUT2D eigenvalue weighted by Crippen LogP contribution is 2.32. The van der Waals surface area contributed by atoms with Crippen molar-refractivity contribution in [3.05, 3.63) is 0 Å². The molecule has 1 heteroatoms. The molecule has 0 atom stereocenters. The minimum absolute atomic E-state index is 0.718. The van der Waals surface area contributed by atoms with Gasteiger partial charge in [-0.25, -0.2) is 0 Å². The Morgan fingerprint density at radius 2 is 1.75 bits per heavy atom. The van der Waals surface area contributed by atoms with Gasteiger partial charge in [0.05, 0.1) is 0 Å². The first kappa shape index (κ1) is 9.76. The topological polar surface area (TPSA) is 17.1 Å². The predicted molar refractivity (Wildman–Crippen MR) is 51.0 cm³/mol. The fourth-order valence-corrected chi connectivity index (χ4v) is 2.30. The Balaban J connectivity index is 2.15. The van der Waals surface area contributed by atoms with Crippen LogP contribution in [0.2, 0.25) is 0 Å². The van der Waals surface area contributed by atoms with Crippen molar-refractivity contribution in [1.82, 2.24) is 0 Å². The van der Waals surface area contributed by atoms with Crippen molar-refractivity contribution in [2.24, 2.45) is 11.8 Å². The largest absolute Gasteiger partial charge is 0.303 e. The fourth-order valence-electron chi connectivity index (χ4n) is 2.30. The van der Waals surface area contributed by atoms with Gasteiger partial charge >= 0.3 is 0 Å². The molecule has 1 saturated carbocycles. The summed E-state index contributed by atoms with van der Waals surface area (Å²) in [6.45, 7) is 2.26. The summed E-state index contributed by atoms with van der Waals surface area (Å²) < 4.78 is 0. The van der Waals surface area contributed by atoms with E-state index in [0.29, 0.717) is 0 Å². The Morgan fingerprint density at radius 3 is 2.25 bits per heavy atom. The quantitative estimate of drug-likeness (QED) is 0.589. The minimum atomic E-state index is 0.718. The van der Waals surface area contributed by atoms with Crippen molar-refractivity contribution in [2.45, 2.75) is 51.9 Å². The summed E-state index contributed by atoms with van der Waals surface area (Å²) in [4.78, 5) is 10.3. The van der Waals surface area contributed by atoms with Crippen LogP contribution in [0.15, 0.2) is 0 Å². The molecule has 0 heterocycles. The Labute approximate surface area is 75.5 Å². The van der Waals surface area contributed by atoms with Crippen molar-refractivity contribution in [1.29, 1.82) is 0 Å². The van der Waals surface area contributed by atoms with E-state index in [0.717, 1.165) is 24.5 Å². The van der Waals surface area contributed by atoms with Crippen molar-refractivity contribution < 1.29 is 4.79 Å². The molecule has 0 spiro atoms. The lowest BCUT2D eigenvalue weighted by molar-refractivity contribution is -0.108. The molecule has 12 heavy (non-hydrogen) atoms. The normalized spacial score (nSPS) is 30.1. The average Bonchev–Trinajstić information content (AvgIpc) is 2.09. The Hall–Kier alpha value is -0.330. The van der Waals surface area contributed by atoms with E-state index in [4.69, 9.17) is 0 Å². The Bertz CT molecular complexity index is 123. The second-order valence-corrected chi connectivity index (χ2v) is 4.08. The summed E-state index contributed by atoms with van der Waals surface area (Å²) >= 11 is 0. The van der Waals surface area contributed by atoms with Crippen LogP contribution in [-0.4, -0.2) is 6.29 Å². The summed E-state index contributed by atoms with van der Waals surface area (Å²) in [5.41, 5.74) is 0. The first-order valence-electron chi connectivity index (χ1n) is 5.30. The zero-order valence-electron chi connectivity index (χ0n) is 8.09. The lowest BCUT2D eigenvalue weighted by Crippen LogP contribution is -2.14. The standard InChI is InChI=1S/C11H20O/c1-2-3-10-4-6-11(7-5-10)8-9-12/h9-11H,2-8H2,1H3/t10-,11-. The maximum atomic E-state index is 10.3. The van der Waals surface area contributed by atoms with Crippen molar-refractivity contribution in [3.8, 4) is 0 Å². The molecule has 0 saturated heterocycles. The molecule has 0 aromatic rings. The van der Waals surface area contributed by atoms with Crippen LogP contribution in [0, 0.1) is 11.8 Å². The number of carbonyl (C=O) groups excluding carboxylic acids is 1. The molecule has 0 aromatic carbocycles. The van der Waals surface area contributed by atoms with Gasteiger partial charge in [0.25, 0.3) is 0 Å². The van der Waals surface area contributed by atoms with Crippen LogP contribution in [0.3, 0.4) is 0 Å². The third kappa shape index (κ3) is 2.96. The van der Waals surface area contributed by atoms with Crippen LogP contribution in [0.5, 0.6) is 0 Å². The predicted octanol–water partition coefficient (Wildman–Crippen LogP) is 3.18. The van der Waals surface area contributed by atoms with E-state index in [-0.39, 0.29) is 0 Å². The lowest BCUT2D eigenvalue weighted by atomic mass is 9.79. The van der Waals surface area contributed by atoms with Crippen molar-refractivity contribution in [3.63, 3.8) is 0 Å². The first-order chi connectivity index (χ1) is 5.86. The average molecular weight is 168 g/mol. The molecule has 0 aliphatic heterocycles. The summed E-state index contributed by atoms with van der Waals surface area (Å²) in [6.07, 6.45) is 9.94. The smallest absolute Gasteiger partial charge is 0.120 e. The monoisotopic (exact) mass is 168 g/mol. The number of hydrogen-bond acceptors (Lipinski definition) is 1. The van der Waals surface area contributed by atoms with Gasteiger partial charge in [0.15, 0.2) is 0 Å². The van der Waals surface area contributed by atoms with Crippen LogP contribution < -0.4 is 0 Å². The molecular weight excluding hydrogens is 148 g/mol. The molecular formula is C11H20O. The maximum Gasteiger partial charge on any atom is 0.120 e. The van der Waals surface area contributed by atoms with Crippen LogP contribution in [0.25, 0.3) is 0 Å². The van der Waals surface area contributed by atoms with Gasteiger partial charge in [-0.1, -0.05) is 32.6 Å².